The Kier molecular flexibility index (Phi) is 5.18. The summed E-state index contributed by atoms with van der Waals surface area (Å²) in [6.07, 6.45) is 4.78. The minimum Gasteiger partial charge on any atom is -0.306 e. The summed E-state index contributed by atoms with van der Waals surface area (Å²) in [5, 5.41) is 3.53. The smallest absolute Gasteiger partial charge is 0.0931 e. The summed E-state index contributed by atoms with van der Waals surface area (Å²) in [4.78, 5) is 5.45. The van der Waals surface area contributed by atoms with Crippen LogP contribution in [0.4, 0.5) is 0 Å². The fourth-order valence-electron chi connectivity index (χ4n) is 1.74. The Morgan fingerprint density at radius 2 is 2.28 bits per heavy atom. The Morgan fingerprint density at radius 1 is 1.44 bits per heavy atom. The molecular weight excluding hydrogens is 332 g/mol. The molecule has 0 saturated carbocycles. The zero-order valence-corrected chi connectivity index (χ0v) is 13.1. The van der Waals surface area contributed by atoms with Gasteiger partial charge in [0.1, 0.15) is 0 Å². The van der Waals surface area contributed by atoms with E-state index in [1.807, 2.05) is 12.3 Å². The number of nitrogens with one attached hydrogen (secondary N) is 1. The van der Waals surface area contributed by atoms with Gasteiger partial charge in [0.2, 0.25) is 0 Å². The fraction of sp³-hybridized carbons (Fsp3) is 0.308. The number of hydrogen-bond donors (Lipinski definition) is 1. The van der Waals surface area contributed by atoms with E-state index in [1.165, 1.54) is 4.88 Å². The molecule has 2 aromatic rings. The Balaban J connectivity index is 2.30. The van der Waals surface area contributed by atoms with Crippen LogP contribution in [-0.2, 0) is 0 Å². The van der Waals surface area contributed by atoms with E-state index < -0.39 is 0 Å². The number of rotatable bonds is 5. The van der Waals surface area contributed by atoms with Crippen LogP contribution in [0.5, 0.6) is 0 Å². The van der Waals surface area contributed by atoms with Crippen LogP contribution in [0.15, 0.2) is 35.1 Å². The van der Waals surface area contributed by atoms with E-state index in [2.05, 4.69) is 45.3 Å². The van der Waals surface area contributed by atoms with Gasteiger partial charge in [-0.1, -0.05) is 18.5 Å². The summed E-state index contributed by atoms with van der Waals surface area (Å²) in [6.45, 7) is 3.12. The molecule has 0 fully saturated rings. The highest BCUT2D eigenvalue weighted by molar-refractivity contribution is 9.10. The predicted molar refractivity (Wildman–Crippen MR) is 81.4 cm³/mol. The zero-order chi connectivity index (χ0) is 13.0. The first-order valence-corrected chi connectivity index (χ1v) is 7.78. The maximum absolute atomic E-state index is 6.02. The van der Waals surface area contributed by atoms with Crippen LogP contribution in [0.2, 0.25) is 4.34 Å². The molecule has 0 saturated heterocycles. The minimum atomic E-state index is 0.160. The zero-order valence-electron chi connectivity index (χ0n) is 9.99. The highest BCUT2D eigenvalue weighted by Gasteiger charge is 2.16. The van der Waals surface area contributed by atoms with Crippen LogP contribution in [0.25, 0.3) is 0 Å². The lowest BCUT2D eigenvalue weighted by atomic mass is 10.1. The van der Waals surface area contributed by atoms with Crippen molar-refractivity contribution >= 4 is 38.9 Å². The molecule has 1 atom stereocenters. The molecule has 0 spiro atoms. The maximum atomic E-state index is 6.02. The van der Waals surface area contributed by atoms with Gasteiger partial charge in [0.15, 0.2) is 0 Å². The van der Waals surface area contributed by atoms with E-state index in [9.17, 15) is 0 Å². The lowest BCUT2D eigenvalue weighted by Gasteiger charge is -2.17. The molecule has 0 amide bonds. The Morgan fingerprint density at radius 3 is 2.89 bits per heavy atom. The summed E-state index contributed by atoms with van der Waals surface area (Å²) in [5.41, 5.74) is 1.15. The summed E-state index contributed by atoms with van der Waals surface area (Å²) >= 11 is 11.1. The first-order valence-electron chi connectivity index (χ1n) is 5.79. The highest BCUT2D eigenvalue weighted by Crippen LogP contribution is 2.31. The molecule has 0 aliphatic rings. The standard InChI is InChI=1S/C13H14BrClN2S/c1-2-5-17-13(11-3-4-12(15)18-11)9-6-10(14)8-16-7-9/h3-4,6-8,13,17H,2,5H2,1H3. The van der Waals surface area contributed by atoms with E-state index in [4.69, 9.17) is 11.6 Å². The third kappa shape index (κ3) is 3.54. The van der Waals surface area contributed by atoms with Crippen LogP contribution in [0.1, 0.15) is 29.8 Å². The second-order valence-electron chi connectivity index (χ2n) is 3.97. The number of nitrogens with zero attached hydrogens (tertiary/aromatic N) is 1. The molecule has 2 nitrogen and oxygen atoms in total. The van der Waals surface area contributed by atoms with Gasteiger partial charge in [-0.3, -0.25) is 4.98 Å². The van der Waals surface area contributed by atoms with Crippen molar-refractivity contribution in [3.63, 3.8) is 0 Å². The van der Waals surface area contributed by atoms with E-state index in [1.54, 1.807) is 17.5 Å². The number of halogens is 2. The molecule has 18 heavy (non-hydrogen) atoms. The summed E-state index contributed by atoms with van der Waals surface area (Å²) in [6, 6.07) is 6.26. The molecular formula is C13H14BrClN2S. The molecule has 96 valence electrons. The average molecular weight is 346 g/mol. The van der Waals surface area contributed by atoms with Crippen LogP contribution in [-0.4, -0.2) is 11.5 Å². The van der Waals surface area contributed by atoms with E-state index in [0.29, 0.717) is 0 Å². The average Bonchev–Trinajstić information content (AvgIpc) is 2.76. The third-order valence-corrected chi connectivity index (χ3v) is 4.27. The number of hydrogen-bond acceptors (Lipinski definition) is 3. The van der Waals surface area contributed by atoms with Crippen LogP contribution < -0.4 is 5.32 Å². The number of aromatic nitrogens is 1. The van der Waals surface area contributed by atoms with Crippen molar-refractivity contribution in [3.05, 3.63) is 49.8 Å². The molecule has 5 heteroatoms. The number of pyridine rings is 1. The molecule has 2 heterocycles. The topological polar surface area (TPSA) is 24.9 Å². The Labute approximate surface area is 125 Å². The Hall–Kier alpha value is -0.420. The van der Waals surface area contributed by atoms with Crippen molar-refractivity contribution in [2.75, 3.05) is 6.54 Å². The normalized spacial score (nSPS) is 12.6. The molecule has 0 bridgehead atoms. The third-order valence-electron chi connectivity index (χ3n) is 2.54. The monoisotopic (exact) mass is 344 g/mol. The van der Waals surface area contributed by atoms with Gasteiger partial charge in [-0.15, -0.1) is 11.3 Å². The molecule has 0 aromatic carbocycles. The molecule has 0 aliphatic carbocycles. The summed E-state index contributed by atoms with van der Waals surface area (Å²) in [7, 11) is 0. The van der Waals surface area contributed by atoms with Gasteiger partial charge in [-0.05, 0) is 52.7 Å². The summed E-state index contributed by atoms with van der Waals surface area (Å²) < 4.78 is 1.81. The molecule has 0 radical (unpaired) electrons. The quantitative estimate of drug-likeness (QED) is 0.853. The van der Waals surface area contributed by atoms with Crippen LogP contribution in [0, 0.1) is 0 Å². The first kappa shape index (κ1) is 14.0. The Bertz CT molecular complexity index is 515. The summed E-state index contributed by atoms with van der Waals surface area (Å²) in [5.74, 6) is 0. The van der Waals surface area contributed by atoms with Gasteiger partial charge >= 0.3 is 0 Å². The lowest BCUT2D eigenvalue weighted by molar-refractivity contribution is 0.604. The van der Waals surface area contributed by atoms with Gasteiger partial charge < -0.3 is 5.32 Å². The van der Waals surface area contributed by atoms with Crippen molar-refractivity contribution < 1.29 is 0 Å². The van der Waals surface area contributed by atoms with Crippen molar-refractivity contribution in [2.45, 2.75) is 19.4 Å². The largest absolute Gasteiger partial charge is 0.306 e. The van der Waals surface area contributed by atoms with Crippen molar-refractivity contribution in [1.82, 2.24) is 10.3 Å². The molecule has 0 aliphatic heterocycles. The van der Waals surface area contributed by atoms with E-state index in [0.717, 1.165) is 27.3 Å². The highest BCUT2D eigenvalue weighted by atomic mass is 79.9. The number of thiophene rings is 1. The molecule has 1 unspecified atom stereocenters. The minimum absolute atomic E-state index is 0.160. The van der Waals surface area contributed by atoms with Crippen molar-refractivity contribution in [3.8, 4) is 0 Å². The molecule has 2 aromatic heterocycles. The van der Waals surface area contributed by atoms with Crippen LogP contribution >= 0.6 is 38.9 Å². The van der Waals surface area contributed by atoms with Gasteiger partial charge in [0.25, 0.3) is 0 Å². The van der Waals surface area contributed by atoms with Gasteiger partial charge in [-0.25, -0.2) is 0 Å². The van der Waals surface area contributed by atoms with Crippen molar-refractivity contribution in [2.24, 2.45) is 0 Å². The fourth-order valence-corrected chi connectivity index (χ4v) is 3.29. The predicted octanol–water partition coefficient (Wildman–Crippen LogP) is 4.65. The molecule has 2 rings (SSSR count). The van der Waals surface area contributed by atoms with Crippen molar-refractivity contribution in [1.29, 1.82) is 0 Å². The molecule has 1 N–H and O–H groups in total. The second kappa shape index (κ2) is 6.66. The SMILES string of the molecule is CCCNC(c1cncc(Br)c1)c1ccc(Cl)s1. The van der Waals surface area contributed by atoms with Crippen LogP contribution in [0.3, 0.4) is 0 Å². The van der Waals surface area contributed by atoms with Gasteiger partial charge in [-0.2, -0.15) is 0 Å². The van der Waals surface area contributed by atoms with Gasteiger partial charge in [0, 0.05) is 21.7 Å². The maximum Gasteiger partial charge on any atom is 0.0931 e. The second-order valence-corrected chi connectivity index (χ2v) is 6.63. The van der Waals surface area contributed by atoms with E-state index >= 15 is 0 Å². The van der Waals surface area contributed by atoms with E-state index in [-0.39, 0.29) is 6.04 Å². The van der Waals surface area contributed by atoms with Gasteiger partial charge in [0.05, 0.1) is 10.4 Å². The first-order chi connectivity index (χ1) is 8.70. The lowest BCUT2D eigenvalue weighted by Crippen LogP contribution is -2.22.